The minimum atomic E-state index is 0.540. The summed E-state index contributed by atoms with van der Waals surface area (Å²) in [5.74, 6) is 1.35. The van der Waals surface area contributed by atoms with Crippen LogP contribution >= 0.6 is 0 Å². The van der Waals surface area contributed by atoms with Crippen molar-refractivity contribution in [1.29, 1.82) is 0 Å². The van der Waals surface area contributed by atoms with Gasteiger partial charge in [-0.05, 0) is 36.3 Å². The largest absolute Gasteiger partial charge is 0.457 e. The van der Waals surface area contributed by atoms with Crippen molar-refractivity contribution in [2.24, 2.45) is 0 Å². The first-order chi connectivity index (χ1) is 11.8. The van der Waals surface area contributed by atoms with Crippen LogP contribution in [-0.4, -0.2) is 15.0 Å². The van der Waals surface area contributed by atoms with Crippen LogP contribution in [0.1, 0.15) is 11.3 Å². The molecule has 0 unspecified atom stereocenters. The van der Waals surface area contributed by atoms with Gasteiger partial charge in [0.25, 0.3) is 0 Å². The van der Waals surface area contributed by atoms with E-state index in [1.54, 1.807) is 12.4 Å². The van der Waals surface area contributed by atoms with Crippen molar-refractivity contribution in [2.75, 3.05) is 0 Å². The quantitative estimate of drug-likeness (QED) is 0.678. The third-order valence-electron chi connectivity index (χ3n) is 3.84. The number of para-hydroxylation sites is 1. The highest BCUT2D eigenvalue weighted by Gasteiger charge is 2.14. The van der Waals surface area contributed by atoms with Crippen LogP contribution in [0, 0.1) is 0 Å². The Hall–Kier alpha value is -3.27. The van der Waals surface area contributed by atoms with E-state index in [1.165, 1.54) is 0 Å². The van der Waals surface area contributed by atoms with Crippen molar-refractivity contribution in [2.45, 2.75) is 6.42 Å². The average molecular weight is 313 g/mol. The maximum atomic E-state index is 6.00. The van der Waals surface area contributed by atoms with Crippen molar-refractivity contribution in [3.8, 4) is 5.75 Å². The Kier molecular flexibility index (Phi) is 3.63. The second-order valence-corrected chi connectivity index (χ2v) is 5.45. The van der Waals surface area contributed by atoms with E-state index in [1.807, 2.05) is 42.5 Å². The second kappa shape index (κ2) is 6.08. The van der Waals surface area contributed by atoms with Gasteiger partial charge in [-0.2, -0.15) is 0 Å². The summed E-state index contributed by atoms with van der Waals surface area (Å²) in [6.45, 7) is 4.08. The van der Waals surface area contributed by atoms with Gasteiger partial charge in [-0.1, -0.05) is 36.9 Å². The molecule has 0 saturated carbocycles. The van der Waals surface area contributed by atoms with Gasteiger partial charge in [0.1, 0.15) is 17.0 Å². The molecular weight excluding hydrogens is 298 g/mol. The molecule has 0 aliphatic carbocycles. The van der Waals surface area contributed by atoms with Gasteiger partial charge in [-0.3, -0.25) is 4.98 Å². The summed E-state index contributed by atoms with van der Waals surface area (Å²) in [5, 5.41) is 0. The highest BCUT2D eigenvalue weighted by molar-refractivity contribution is 5.79. The van der Waals surface area contributed by atoms with E-state index in [4.69, 9.17) is 4.74 Å². The number of pyridine rings is 1. The molecule has 4 rings (SSSR count). The molecule has 0 bridgehead atoms. The molecule has 1 aromatic carbocycles. The van der Waals surface area contributed by atoms with Crippen molar-refractivity contribution in [1.82, 2.24) is 15.0 Å². The maximum absolute atomic E-state index is 6.00. The van der Waals surface area contributed by atoms with E-state index in [-0.39, 0.29) is 0 Å². The molecule has 0 amide bonds. The summed E-state index contributed by atoms with van der Waals surface area (Å²) in [7, 11) is 0. The average Bonchev–Trinajstić information content (AvgIpc) is 2.70. The normalized spacial score (nSPS) is 17.7. The minimum Gasteiger partial charge on any atom is -0.457 e. The maximum Gasteiger partial charge on any atom is 0.178 e. The molecule has 0 N–H and O–H groups in total. The number of rotatable bonds is 1. The smallest absolute Gasteiger partial charge is 0.178 e. The third kappa shape index (κ3) is 2.70. The number of hydrogen-bond acceptors (Lipinski definition) is 4. The van der Waals surface area contributed by atoms with Crippen molar-refractivity contribution in [3.63, 3.8) is 0 Å². The number of allylic oxidation sites excluding steroid dienone is 4. The fourth-order valence-corrected chi connectivity index (χ4v) is 2.62. The molecular formula is C20H15N3O. The Morgan fingerprint density at radius 2 is 1.96 bits per heavy atom. The molecule has 4 heteroatoms. The zero-order valence-corrected chi connectivity index (χ0v) is 13.0. The minimum absolute atomic E-state index is 0.540. The van der Waals surface area contributed by atoms with E-state index >= 15 is 0 Å². The van der Waals surface area contributed by atoms with E-state index in [0.717, 1.165) is 28.8 Å². The Morgan fingerprint density at radius 3 is 2.92 bits per heavy atom. The molecule has 1 aliphatic heterocycles. The van der Waals surface area contributed by atoms with Gasteiger partial charge >= 0.3 is 0 Å². The third-order valence-corrected chi connectivity index (χ3v) is 3.84. The first-order valence-electron chi connectivity index (χ1n) is 7.71. The predicted octanol–water partition coefficient (Wildman–Crippen LogP) is 4.11. The SMILES string of the molecule is C=C1Oc2ccccc2C/C=C\C=C/1c1cnc2cccnc2n1. The summed E-state index contributed by atoms with van der Waals surface area (Å²) in [6.07, 6.45) is 10.3. The summed E-state index contributed by atoms with van der Waals surface area (Å²) < 4.78 is 6.00. The van der Waals surface area contributed by atoms with Crippen molar-refractivity contribution in [3.05, 3.63) is 90.6 Å². The lowest BCUT2D eigenvalue weighted by atomic mass is 10.1. The molecule has 24 heavy (non-hydrogen) atoms. The van der Waals surface area contributed by atoms with Crippen LogP contribution in [-0.2, 0) is 6.42 Å². The number of benzene rings is 1. The molecule has 0 atom stereocenters. The molecule has 0 spiro atoms. The lowest BCUT2D eigenvalue weighted by Crippen LogP contribution is -2.02. The molecule has 1 aliphatic rings. The molecule has 3 heterocycles. The van der Waals surface area contributed by atoms with Gasteiger partial charge in [-0.25, -0.2) is 9.97 Å². The van der Waals surface area contributed by atoms with Gasteiger partial charge in [-0.15, -0.1) is 0 Å². The first-order valence-corrected chi connectivity index (χ1v) is 7.71. The highest BCUT2D eigenvalue weighted by atomic mass is 16.5. The van der Waals surface area contributed by atoms with Crippen LogP contribution in [0.2, 0.25) is 0 Å². The lowest BCUT2D eigenvalue weighted by molar-refractivity contribution is 0.447. The van der Waals surface area contributed by atoms with E-state index in [0.29, 0.717) is 17.1 Å². The summed E-state index contributed by atoms with van der Waals surface area (Å²) in [4.78, 5) is 13.3. The van der Waals surface area contributed by atoms with Crippen LogP contribution in [0.5, 0.6) is 5.75 Å². The monoisotopic (exact) mass is 313 g/mol. The van der Waals surface area contributed by atoms with Crippen LogP contribution in [0.25, 0.3) is 16.7 Å². The van der Waals surface area contributed by atoms with Crippen LogP contribution < -0.4 is 4.74 Å². The molecule has 0 fully saturated rings. The van der Waals surface area contributed by atoms with Gasteiger partial charge in [0.15, 0.2) is 5.65 Å². The molecule has 0 saturated heterocycles. The Labute approximate surface area is 139 Å². The first kappa shape index (κ1) is 14.3. The lowest BCUT2D eigenvalue weighted by Gasteiger charge is -2.13. The number of fused-ring (bicyclic) bond motifs is 2. The molecule has 3 aromatic rings. The van der Waals surface area contributed by atoms with Crippen molar-refractivity contribution >= 4 is 16.7 Å². The zero-order valence-electron chi connectivity index (χ0n) is 13.0. The second-order valence-electron chi connectivity index (χ2n) is 5.45. The fourth-order valence-electron chi connectivity index (χ4n) is 2.62. The Balaban J connectivity index is 1.77. The Bertz CT molecular complexity index is 989. The summed E-state index contributed by atoms with van der Waals surface area (Å²) in [5.41, 5.74) is 3.97. The van der Waals surface area contributed by atoms with Crippen LogP contribution in [0.4, 0.5) is 0 Å². The highest BCUT2D eigenvalue weighted by Crippen LogP contribution is 2.28. The molecule has 116 valence electrons. The van der Waals surface area contributed by atoms with Gasteiger partial charge in [0.05, 0.1) is 11.9 Å². The van der Waals surface area contributed by atoms with Gasteiger partial charge in [0, 0.05) is 11.8 Å². The number of aromatic nitrogens is 3. The number of nitrogens with zero attached hydrogens (tertiary/aromatic N) is 3. The van der Waals surface area contributed by atoms with E-state index in [9.17, 15) is 0 Å². The standard InChI is InChI=1S/C20H15N3O/c1-14-16(18-13-22-17-10-6-12-21-20(17)23-18)9-4-2-7-15-8-3-5-11-19(15)24-14/h2-6,8-13H,1,7H2/b4-2-,16-9+. The topological polar surface area (TPSA) is 47.9 Å². The Morgan fingerprint density at radius 1 is 1.04 bits per heavy atom. The summed E-state index contributed by atoms with van der Waals surface area (Å²) in [6, 6.07) is 11.7. The van der Waals surface area contributed by atoms with Crippen LogP contribution in [0.3, 0.4) is 0 Å². The van der Waals surface area contributed by atoms with Crippen LogP contribution in [0.15, 0.2) is 79.4 Å². The van der Waals surface area contributed by atoms with Gasteiger partial charge < -0.3 is 4.74 Å². The molecule has 0 radical (unpaired) electrons. The number of hydrogen-bond donors (Lipinski definition) is 0. The zero-order chi connectivity index (χ0) is 16.4. The van der Waals surface area contributed by atoms with Crippen molar-refractivity contribution < 1.29 is 4.74 Å². The molecule has 2 aromatic heterocycles. The van der Waals surface area contributed by atoms with E-state index < -0.39 is 0 Å². The van der Waals surface area contributed by atoms with E-state index in [2.05, 4.69) is 33.7 Å². The summed E-state index contributed by atoms with van der Waals surface area (Å²) >= 11 is 0. The predicted molar refractivity (Wildman–Crippen MR) is 94.4 cm³/mol. The van der Waals surface area contributed by atoms with Gasteiger partial charge in [0.2, 0.25) is 0 Å². The fraction of sp³-hybridized carbons (Fsp3) is 0.0500. The number of ether oxygens (including phenoxy) is 1. The molecule has 4 nitrogen and oxygen atoms in total.